The van der Waals surface area contributed by atoms with Gasteiger partial charge in [-0.1, -0.05) is 19.9 Å². The molecule has 1 N–H and O–H groups in total. The van der Waals surface area contributed by atoms with E-state index in [-0.39, 0.29) is 18.0 Å². The molecule has 3 aromatic rings. The second kappa shape index (κ2) is 8.01. The third kappa shape index (κ3) is 3.93. The Morgan fingerprint density at radius 2 is 2.11 bits per heavy atom. The van der Waals surface area contributed by atoms with Crippen LogP contribution in [-0.2, 0) is 20.9 Å². The number of carbonyl (C=O) groups excluding carboxylic acids is 2. The maximum absolute atomic E-state index is 12.9. The van der Waals surface area contributed by atoms with E-state index in [4.69, 9.17) is 4.74 Å². The third-order valence-corrected chi connectivity index (χ3v) is 5.89. The minimum absolute atomic E-state index is 0.138. The van der Waals surface area contributed by atoms with Gasteiger partial charge in [-0.15, -0.1) is 22.7 Å². The monoisotopic (exact) mass is 405 g/mol. The van der Waals surface area contributed by atoms with Gasteiger partial charge in [0.15, 0.2) is 0 Å². The number of amides is 1. The van der Waals surface area contributed by atoms with Crippen LogP contribution in [0, 0.1) is 5.92 Å². The van der Waals surface area contributed by atoms with Crippen molar-refractivity contribution in [2.75, 3.05) is 7.11 Å². The van der Waals surface area contributed by atoms with Crippen LogP contribution < -0.4 is 10.9 Å². The van der Waals surface area contributed by atoms with Crippen molar-refractivity contribution in [1.82, 2.24) is 14.9 Å². The molecule has 0 saturated heterocycles. The molecular weight excluding hydrogens is 386 g/mol. The molecule has 0 aliphatic rings. The first-order chi connectivity index (χ1) is 12.9. The number of nitrogens with zero attached hydrogens (tertiary/aromatic N) is 2. The molecule has 9 heteroatoms. The van der Waals surface area contributed by atoms with Crippen LogP contribution in [0.2, 0.25) is 0 Å². The highest BCUT2D eigenvalue weighted by molar-refractivity contribution is 7.18. The molecule has 0 saturated carbocycles. The first-order valence-electron chi connectivity index (χ1n) is 8.30. The quantitative estimate of drug-likeness (QED) is 0.637. The van der Waals surface area contributed by atoms with Gasteiger partial charge in [0.05, 0.1) is 18.8 Å². The Balaban J connectivity index is 1.88. The summed E-state index contributed by atoms with van der Waals surface area (Å²) in [5, 5.41) is 6.98. The maximum atomic E-state index is 12.9. The van der Waals surface area contributed by atoms with Gasteiger partial charge in [0, 0.05) is 15.8 Å². The Labute approximate surface area is 163 Å². The summed E-state index contributed by atoms with van der Waals surface area (Å²) in [4.78, 5) is 43.0. The summed E-state index contributed by atoms with van der Waals surface area (Å²) in [5.41, 5.74) is 0.547. The minimum atomic E-state index is -0.766. The topological polar surface area (TPSA) is 90.3 Å². The average molecular weight is 406 g/mol. The lowest BCUT2D eigenvalue weighted by Gasteiger charge is -2.20. The molecule has 7 nitrogen and oxygen atoms in total. The van der Waals surface area contributed by atoms with Crippen molar-refractivity contribution in [3.63, 3.8) is 0 Å². The fourth-order valence-electron chi connectivity index (χ4n) is 2.69. The van der Waals surface area contributed by atoms with Crippen molar-refractivity contribution in [3.8, 4) is 10.4 Å². The van der Waals surface area contributed by atoms with Crippen LogP contribution in [0.4, 0.5) is 0 Å². The van der Waals surface area contributed by atoms with Gasteiger partial charge in [-0.05, 0) is 17.4 Å². The zero-order valence-electron chi connectivity index (χ0n) is 15.1. The van der Waals surface area contributed by atoms with E-state index in [9.17, 15) is 14.4 Å². The van der Waals surface area contributed by atoms with E-state index in [1.165, 1.54) is 29.3 Å². The minimum Gasteiger partial charge on any atom is -0.467 e. The van der Waals surface area contributed by atoms with Gasteiger partial charge in [-0.2, -0.15) is 0 Å². The van der Waals surface area contributed by atoms with Crippen molar-refractivity contribution < 1.29 is 14.3 Å². The summed E-state index contributed by atoms with van der Waals surface area (Å²) in [6.07, 6.45) is 1.36. The van der Waals surface area contributed by atoms with Gasteiger partial charge in [-0.25, -0.2) is 9.78 Å². The summed E-state index contributed by atoms with van der Waals surface area (Å²) in [6.45, 7) is 3.39. The number of methoxy groups -OCH3 is 1. The Hall–Kier alpha value is -2.52. The highest BCUT2D eigenvalue weighted by Gasteiger charge is 2.25. The van der Waals surface area contributed by atoms with Crippen molar-refractivity contribution in [2.24, 2.45) is 5.92 Å². The summed E-state index contributed by atoms with van der Waals surface area (Å²) in [6, 6.07) is 3.10. The number of hydrogen-bond acceptors (Lipinski definition) is 7. The first kappa shape index (κ1) is 19.2. The standard InChI is InChI=1S/C18H19N3O4S2/c1-10(2)15(18(24)25-3)20-13(22)7-21-9-19-16-14(17(21)23)11(8-27-16)12-5-4-6-26-12/h4-6,8-10,15H,7H2,1-3H3,(H,20,22). The number of thiophene rings is 2. The molecular formula is C18H19N3O4S2. The van der Waals surface area contributed by atoms with E-state index < -0.39 is 17.9 Å². The van der Waals surface area contributed by atoms with Crippen LogP contribution in [-0.4, -0.2) is 34.6 Å². The molecule has 3 aromatic heterocycles. The lowest BCUT2D eigenvalue weighted by atomic mass is 10.0. The lowest BCUT2D eigenvalue weighted by molar-refractivity contribution is -0.146. The number of hydrogen-bond donors (Lipinski definition) is 1. The second-order valence-electron chi connectivity index (χ2n) is 6.30. The first-order valence-corrected chi connectivity index (χ1v) is 10.1. The second-order valence-corrected chi connectivity index (χ2v) is 8.10. The van der Waals surface area contributed by atoms with Crippen LogP contribution in [0.1, 0.15) is 13.8 Å². The van der Waals surface area contributed by atoms with Crippen LogP contribution in [0.5, 0.6) is 0 Å². The lowest BCUT2D eigenvalue weighted by Crippen LogP contribution is -2.46. The van der Waals surface area contributed by atoms with E-state index >= 15 is 0 Å². The van der Waals surface area contributed by atoms with Crippen LogP contribution in [0.25, 0.3) is 20.7 Å². The molecule has 3 rings (SSSR count). The normalized spacial score (nSPS) is 12.3. The third-order valence-electron chi connectivity index (χ3n) is 4.10. The van der Waals surface area contributed by atoms with E-state index in [0.29, 0.717) is 10.2 Å². The summed E-state index contributed by atoms with van der Waals surface area (Å²) >= 11 is 2.94. The predicted octanol–water partition coefficient (Wildman–Crippen LogP) is 2.50. The number of fused-ring (bicyclic) bond motifs is 1. The van der Waals surface area contributed by atoms with Gasteiger partial charge in [0.2, 0.25) is 5.91 Å². The number of aromatic nitrogens is 2. The largest absolute Gasteiger partial charge is 0.467 e. The molecule has 27 heavy (non-hydrogen) atoms. The van der Waals surface area contributed by atoms with Gasteiger partial charge in [0.25, 0.3) is 5.56 Å². The number of ether oxygens (including phenoxy) is 1. The Morgan fingerprint density at radius 3 is 2.74 bits per heavy atom. The molecule has 0 fully saturated rings. The molecule has 1 unspecified atom stereocenters. The smallest absolute Gasteiger partial charge is 0.328 e. The number of rotatable bonds is 6. The van der Waals surface area contributed by atoms with Crippen molar-refractivity contribution in [2.45, 2.75) is 26.4 Å². The van der Waals surface area contributed by atoms with Gasteiger partial charge in [0.1, 0.15) is 17.4 Å². The predicted molar refractivity (Wildman–Crippen MR) is 106 cm³/mol. The van der Waals surface area contributed by atoms with Gasteiger partial charge in [-0.3, -0.25) is 14.2 Å². The Kier molecular flexibility index (Phi) is 5.71. The molecule has 0 bridgehead atoms. The van der Waals surface area contributed by atoms with E-state index in [1.54, 1.807) is 25.2 Å². The van der Waals surface area contributed by atoms with Crippen LogP contribution in [0.15, 0.2) is 34.0 Å². The van der Waals surface area contributed by atoms with Crippen LogP contribution in [0.3, 0.4) is 0 Å². The number of carbonyl (C=O) groups is 2. The Morgan fingerprint density at radius 1 is 1.33 bits per heavy atom. The molecule has 0 radical (unpaired) electrons. The highest BCUT2D eigenvalue weighted by atomic mass is 32.1. The van der Waals surface area contributed by atoms with Gasteiger partial charge >= 0.3 is 5.97 Å². The SMILES string of the molecule is COC(=O)C(NC(=O)Cn1cnc2scc(-c3cccs3)c2c1=O)C(C)C. The summed E-state index contributed by atoms with van der Waals surface area (Å²) in [5.74, 6) is -1.10. The molecule has 142 valence electrons. The molecule has 0 aromatic carbocycles. The molecule has 0 spiro atoms. The average Bonchev–Trinajstić information content (AvgIpc) is 3.30. The number of nitrogens with one attached hydrogen (secondary N) is 1. The molecule has 1 amide bonds. The van der Waals surface area contributed by atoms with E-state index in [0.717, 1.165) is 10.4 Å². The molecule has 3 heterocycles. The van der Waals surface area contributed by atoms with Gasteiger partial charge < -0.3 is 10.1 Å². The van der Waals surface area contributed by atoms with Crippen LogP contribution >= 0.6 is 22.7 Å². The zero-order chi connectivity index (χ0) is 19.6. The Bertz CT molecular complexity index is 1020. The van der Waals surface area contributed by atoms with Crippen molar-refractivity contribution >= 4 is 44.8 Å². The molecule has 0 aliphatic heterocycles. The molecule has 1 atom stereocenters. The zero-order valence-corrected chi connectivity index (χ0v) is 16.7. The fraction of sp³-hybridized carbons (Fsp3) is 0.333. The van der Waals surface area contributed by atoms with Crippen molar-refractivity contribution in [1.29, 1.82) is 0 Å². The fourth-order valence-corrected chi connectivity index (χ4v) is 4.41. The summed E-state index contributed by atoms with van der Waals surface area (Å²) < 4.78 is 5.98. The van der Waals surface area contributed by atoms with E-state index in [1.807, 2.05) is 22.9 Å². The molecule has 0 aliphatic carbocycles. The van der Waals surface area contributed by atoms with E-state index in [2.05, 4.69) is 10.3 Å². The maximum Gasteiger partial charge on any atom is 0.328 e. The number of esters is 1. The van der Waals surface area contributed by atoms with Crippen molar-refractivity contribution in [3.05, 3.63) is 39.6 Å². The highest BCUT2D eigenvalue weighted by Crippen LogP contribution is 2.33. The summed E-state index contributed by atoms with van der Waals surface area (Å²) in [7, 11) is 1.27.